The molecule has 68 valence electrons. The Balaban J connectivity index is 5.19. The Morgan fingerprint density at radius 1 is 1.36 bits per heavy atom. The lowest BCUT2D eigenvalue weighted by Gasteiger charge is -2.52. The molecule has 0 heterocycles. The molecule has 11 heavy (non-hydrogen) atoms. The predicted octanol–water partition coefficient (Wildman–Crippen LogP) is 1.12. The lowest BCUT2D eigenvalue weighted by atomic mass is 11.0. The molecule has 0 aromatic carbocycles. The van der Waals surface area contributed by atoms with Gasteiger partial charge in [0.2, 0.25) is 5.16 Å². The van der Waals surface area contributed by atoms with Crippen LogP contribution in [0.2, 0.25) is 0 Å². The summed E-state index contributed by atoms with van der Waals surface area (Å²) in [6.45, 7) is 0.789. The van der Waals surface area contributed by atoms with Crippen LogP contribution < -0.4 is 0 Å². The average Bonchev–Trinajstić information content (AvgIpc) is 1.86. The summed E-state index contributed by atoms with van der Waals surface area (Å²) in [5.74, 6) is -1.22. The van der Waals surface area contributed by atoms with Crippen LogP contribution in [0, 0.1) is 0 Å². The smallest absolute Gasteiger partial charge is 0.311 e. The van der Waals surface area contributed by atoms with Gasteiger partial charge in [-0.1, -0.05) is 6.92 Å². The molecule has 0 N–H and O–H groups in total. The molecule has 0 spiro atoms. The topological polar surface area (TPSA) is 63.2 Å². The fraction of sp³-hybridized carbons (Fsp3) is 0.500. The van der Waals surface area contributed by atoms with Gasteiger partial charge in [-0.05, 0) is 5.75 Å². The molecule has 0 unspecified atom stereocenters. The Morgan fingerprint density at radius 2 is 1.73 bits per heavy atom. The molecule has 7 heteroatoms. The van der Waals surface area contributed by atoms with E-state index in [0.717, 1.165) is 6.92 Å². The zero-order valence-corrected chi connectivity index (χ0v) is 6.29. The molecular formula is C4H5F3O3S-2. The van der Waals surface area contributed by atoms with Gasteiger partial charge in [-0.3, -0.25) is 0 Å². The Hall–Kier alpha value is -0.400. The van der Waals surface area contributed by atoms with Gasteiger partial charge in [-0.15, -0.1) is 0 Å². The van der Waals surface area contributed by atoms with Crippen molar-refractivity contribution in [3.05, 3.63) is 11.2 Å². The number of hydrogen-bond donors (Lipinski definition) is 0. The molecule has 0 radical (unpaired) electrons. The highest BCUT2D eigenvalue weighted by Crippen LogP contribution is 2.31. The van der Waals surface area contributed by atoms with E-state index in [4.69, 9.17) is 0 Å². The molecular weight excluding hydrogens is 185 g/mol. The largest absolute Gasteiger partial charge is 0.793 e. The second-order valence-corrected chi connectivity index (χ2v) is 4.61. The van der Waals surface area contributed by atoms with E-state index in [9.17, 15) is 26.5 Å². The summed E-state index contributed by atoms with van der Waals surface area (Å²) < 4.78 is 65.3. The fourth-order valence-corrected chi connectivity index (χ4v) is 0.827. The third-order valence-electron chi connectivity index (χ3n) is 0.993. The minimum Gasteiger partial charge on any atom is -0.793 e. The van der Waals surface area contributed by atoms with Crippen LogP contribution in [0.3, 0.4) is 0 Å². The molecule has 0 bridgehead atoms. The molecule has 0 aliphatic rings. The van der Waals surface area contributed by atoms with E-state index in [1.807, 2.05) is 0 Å². The summed E-state index contributed by atoms with van der Waals surface area (Å²) in [5.41, 5.74) is 0. The monoisotopic (exact) mass is 190 g/mol. The summed E-state index contributed by atoms with van der Waals surface area (Å²) in [6, 6.07) is 0. The van der Waals surface area contributed by atoms with Crippen molar-refractivity contribution in [2.45, 2.75) is 6.92 Å². The van der Waals surface area contributed by atoms with E-state index in [2.05, 4.69) is 0 Å². The summed E-state index contributed by atoms with van der Waals surface area (Å²) in [6.07, 6.45) is -3.10. The molecule has 0 aliphatic heterocycles. The highest BCUT2D eigenvalue weighted by Gasteiger charge is 2.20. The van der Waals surface area contributed by atoms with E-state index in [1.165, 1.54) is 0 Å². The predicted molar refractivity (Wildman–Crippen MR) is 30.6 cm³/mol. The first-order valence-electron chi connectivity index (χ1n) is 2.52. The summed E-state index contributed by atoms with van der Waals surface area (Å²) in [7, 11) is -6.35. The Kier molecular flexibility index (Phi) is 2.48. The third-order valence-corrected chi connectivity index (χ3v) is 2.84. The van der Waals surface area contributed by atoms with Gasteiger partial charge in [0.25, 0.3) is 0 Å². The van der Waals surface area contributed by atoms with Crippen LogP contribution in [0.1, 0.15) is 6.92 Å². The highest BCUT2D eigenvalue weighted by molar-refractivity contribution is 8.13. The maximum absolute atomic E-state index is 11.9. The van der Waals surface area contributed by atoms with Crippen LogP contribution in [0.15, 0.2) is 11.2 Å². The van der Waals surface area contributed by atoms with Crippen LogP contribution in [-0.2, 0) is 9.63 Å². The normalized spacial score (nSPS) is 15.3. The van der Waals surface area contributed by atoms with Crippen molar-refractivity contribution in [1.29, 1.82) is 0 Å². The van der Waals surface area contributed by atoms with Gasteiger partial charge in [0.15, 0.2) is 0 Å². The van der Waals surface area contributed by atoms with Crippen molar-refractivity contribution < 1.29 is 26.5 Å². The van der Waals surface area contributed by atoms with Gasteiger partial charge in [-0.25, -0.2) is 0 Å². The quantitative estimate of drug-likeness (QED) is 0.655. The lowest BCUT2D eigenvalue weighted by Crippen LogP contribution is -2.35. The van der Waals surface area contributed by atoms with Crippen molar-refractivity contribution in [1.82, 2.24) is 0 Å². The number of sulfone groups is 3. The maximum Gasteiger partial charge on any atom is 0.311 e. The van der Waals surface area contributed by atoms with Gasteiger partial charge in [0, 0.05) is 0 Å². The second kappa shape index (κ2) is 2.58. The minimum absolute atomic E-state index is 0.789. The average molecular weight is 190 g/mol. The fourth-order valence-electron chi connectivity index (χ4n) is 0.276. The van der Waals surface area contributed by atoms with Crippen LogP contribution >= 0.6 is 0 Å². The molecule has 0 fully saturated rings. The van der Waals surface area contributed by atoms with E-state index >= 15 is 0 Å². The molecule has 0 amide bonds. The molecule has 0 atom stereocenters. The third kappa shape index (κ3) is 2.28. The van der Waals surface area contributed by atoms with E-state index in [1.54, 1.807) is 0 Å². The maximum atomic E-state index is 11.9. The van der Waals surface area contributed by atoms with Crippen molar-refractivity contribution in [2.75, 3.05) is 5.75 Å². The Morgan fingerprint density at radius 3 is 1.82 bits per heavy atom. The van der Waals surface area contributed by atoms with Crippen LogP contribution in [-0.4, -0.2) is 19.1 Å². The minimum atomic E-state index is -6.35. The van der Waals surface area contributed by atoms with E-state index in [-0.39, 0.29) is 0 Å². The van der Waals surface area contributed by atoms with E-state index < -0.39 is 26.6 Å². The standard InChI is InChI=1S/C4H7F3O3S/c1-2-11(8,9,10)4(7)3(5)6/h2H2,1H3,(H2,8,9,10)/p-2. The SMILES string of the molecule is CCS(=O)([O-])([O-])C(F)=C(F)F. The zero-order valence-electron chi connectivity index (χ0n) is 5.47. The van der Waals surface area contributed by atoms with Crippen LogP contribution in [0.4, 0.5) is 13.2 Å². The van der Waals surface area contributed by atoms with Crippen molar-refractivity contribution >= 4 is 9.63 Å². The summed E-state index contributed by atoms with van der Waals surface area (Å²) in [5, 5.41) is -2.87. The van der Waals surface area contributed by atoms with Gasteiger partial charge in [-0.2, -0.15) is 22.8 Å². The first-order valence-corrected chi connectivity index (χ1v) is 4.50. The van der Waals surface area contributed by atoms with Gasteiger partial charge in [0.05, 0.1) is 0 Å². The molecule has 0 aromatic heterocycles. The molecule has 3 nitrogen and oxygen atoms in total. The molecule has 0 rings (SSSR count). The van der Waals surface area contributed by atoms with Crippen molar-refractivity contribution in [2.24, 2.45) is 0 Å². The molecule has 0 aliphatic carbocycles. The molecule has 0 aromatic rings. The first-order chi connectivity index (χ1) is 4.69. The first kappa shape index (κ1) is 10.6. The molecule has 0 saturated heterocycles. The van der Waals surface area contributed by atoms with Crippen molar-refractivity contribution in [3.8, 4) is 0 Å². The zero-order chi connectivity index (χ0) is 9.31. The van der Waals surface area contributed by atoms with Gasteiger partial charge >= 0.3 is 6.08 Å². The van der Waals surface area contributed by atoms with Crippen LogP contribution in [0.25, 0.3) is 0 Å². The van der Waals surface area contributed by atoms with E-state index in [0.29, 0.717) is 0 Å². The lowest BCUT2D eigenvalue weighted by molar-refractivity contribution is 0.333. The number of hydrogen-bond acceptors (Lipinski definition) is 3. The van der Waals surface area contributed by atoms with Crippen molar-refractivity contribution in [3.63, 3.8) is 0 Å². The summed E-state index contributed by atoms with van der Waals surface area (Å²) in [4.78, 5) is 0. The Bertz CT molecular complexity index is 249. The second-order valence-electron chi connectivity index (χ2n) is 1.77. The number of rotatable bonds is 2. The van der Waals surface area contributed by atoms with Crippen LogP contribution in [0.5, 0.6) is 0 Å². The summed E-state index contributed by atoms with van der Waals surface area (Å²) >= 11 is 0. The number of halogens is 3. The van der Waals surface area contributed by atoms with Gasteiger partial charge < -0.3 is 13.3 Å². The van der Waals surface area contributed by atoms with Gasteiger partial charge in [0.1, 0.15) is 0 Å². The highest BCUT2D eigenvalue weighted by atomic mass is 32.3. The Labute approximate surface area is 61.0 Å². The molecule has 0 saturated carbocycles.